The molecule has 3 aromatic rings. The second kappa shape index (κ2) is 7.45. The molecule has 0 saturated carbocycles. The molecule has 5 rings (SSSR count). The fourth-order valence-electron chi connectivity index (χ4n) is 4.03. The third-order valence-corrected chi connectivity index (χ3v) is 5.54. The molecule has 4 heterocycles. The lowest BCUT2D eigenvalue weighted by Gasteiger charge is -2.21. The molecule has 3 N–H and O–H groups in total. The van der Waals surface area contributed by atoms with Gasteiger partial charge < -0.3 is 25.1 Å². The molecule has 162 valence electrons. The molecule has 0 amide bonds. The maximum absolute atomic E-state index is 13.2. The highest BCUT2D eigenvalue weighted by molar-refractivity contribution is 6.03. The van der Waals surface area contributed by atoms with E-state index in [9.17, 15) is 13.2 Å². The highest BCUT2D eigenvalue weighted by Gasteiger charge is 2.33. The topological polar surface area (TPSA) is 86.7 Å². The molecule has 0 spiro atoms. The fourth-order valence-corrected chi connectivity index (χ4v) is 4.03. The first-order chi connectivity index (χ1) is 14.9. The zero-order valence-electron chi connectivity index (χ0n) is 16.4. The highest BCUT2D eigenvalue weighted by atomic mass is 19.4. The zero-order chi connectivity index (χ0) is 21.6. The molecule has 0 bridgehead atoms. The highest BCUT2D eigenvalue weighted by Crippen LogP contribution is 2.36. The van der Waals surface area contributed by atoms with Gasteiger partial charge in [0, 0.05) is 23.8 Å². The van der Waals surface area contributed by atoms with E-state index < -0.39 is 11.7 Å². The number of nitrogens with two attached hydrogens (primary N) is 1. The van der Waals surface area contributed by atoms with Gasteiger partial charge in [-0.2, -0.15) is 13.2 Å². The molecule has 0 radical (unpaired) electrons. The number of halogens is 3. The van der Waals surface area contributed by atoms with Crippen molar-refractivity contribution in [1.29, 1.82) is 0 Å². The summed E-state index contributed by atoms with van der Waals surface area (Å²) < 4.78 is 53.4. The summed E-state index contributed by atoms with van der Waals surface area (Å²) in [5, 5.41) is 3.27. The molecule has 10 heteroatoms. The molecular weight excluding hydrogens is 411 g/mol. The molecule has 2 aliphatic heterocycles. The van der Waals surface area contributed by atoms with Gasteiger partial charge in [-0.25, -0.2) is 4.99 Å². The van der Waals surface area contributed by atoms with E-state index in [2.05, 4.69) is 15.3 Å². The van der Waals surface area contributed by atoms with Crippen molar-refractivity contribution in [3.63, 3.8) is 0 Å². The van der Waals surface area contributed by atoms with E-state index in [0.717, 1.165) is 36.5 Å². The van der Waals surface area contributed by atoms with Crippen LogP contribution in [-0.4, -0.2) is 34.8 Å². The fraction of sp³-hybridized carbons (Fsp3) is 0.333. The largest absolute Gasteiger partial charge is 0.491 e. The summed E-state index contributed by atoms with van der Waals surface area (Å²) in [7, 11) is 0. The smallest absolute Gasteiger partial charge is 0.417 e. The number of pyridine rings is 1. The van der Waals surface area contributed by atoms with Crippen molar-refractivity contribution in [2.24, 2.45) is 10.7 Å². The maximum Gasteiger partial charge on any atom is 0.417 e. The number of hydrogen-bond donors (Lipinski definition) is 2. The second-order valence-corrected chi connectivity index (χ2v) is 7.50. The quantitative estimate of drug-likeness (QED) is 0.654. The van der Waals surface area contributed by atoms with E-state index in [1.165, 1.54) is 18.2 Å². The Kier molecular flexibility index (Phi) is 4.73. The summed E-state index contributed by atoms with van der Waals surface area (Å²) in [6, 6.07) is 7.32. The number of fused-ring (bicyclic) bond motifs is 2. The van der Waals surface area contributed by atoms with Crippen molar-refractivity contribution >= 4 is 22.6 Å². The van der Waals surface area contributed by atoms with Crippen LogP contribution in [-0.2, 0) is 10.9 Å². The number of amidine groups is 1. The summed E-state index contributed by atoms with van der Waals surface area (Å²) >= 11 is 0. The van der Waals surface area contributed by atoms with E-state index in [1.807, 2.05) is 16.8 Å². The minimum atomic E-state index is -4.43. The molecule has 2 unspecified atom stereocenters. The van der Waals surface area contributed by atoms with Crippen LogP contribution < -0.4 is 15.8 Å². The van der Waals surface area contributed by atoms with Crippen molar-refractivity contribution in [1.82, 2.24) is 9.55 Å². The number of benzene rings is 1. The number of ether oxygens (including phenoxy) is 2. The zero-order valence-corrected chi connectivity index (χ0v) is 16.4. The summed E-state index contributed by atoms with van der Waals surface area (Å²) in [5.74, 6) is 1.85. The lowest BCUT2D eigenvalue weighted by Crippen LogP contribution is -2.24. The molecule has 2 aliphatic rings. The van der Waals surface area contributed by atoms with E-state index in [0.29, 0.717) is 24.9 Å². The van der Waals surface area contributed by atoms with Crippen molar-refractivity contribution < 1.29 is 22.6 Å². The molecule has 31 heavy (non-hydrogen) atoms. The van der Waals surface area contributed by atoms with E-state index in [4.69, 9.17) is 15.2 Å². The van der Waals surface area contributed by atoms with E-state index in [-0.39, 0.29) is 23.2 Å². The normalized spacial score (nSPS) is 20.9. The molecule has 1 aromatic carbocycles. The molecule has 1 fully saturated rings. The number of aromatic nitrogens is 2. The number of alkyl halides is 3. The van der Waals surface area contributed by atoms with Gasteiger partial charge in [0.15, 0.2) is 0 Å². The second-order valence-electron chi connectivity index (χ2n) is 7.50. The third-order valence-electron chi connectivity index (χ3n) is 5.54. The van der Waals surface area contributed by atoms with Crippen LogP contribution in [0.3, 0.4) is 0 Å². The summed E-state index contributed by atoms with van der Waals surface area (Å²) in [6.45, 7) is 0.718. The Bertz CT molecular complexity index is 1160. The van der Waals surface area contributed by atoms with E-state index in [1.54, 1.807) is 0 Å². The summed E-state index contributed by atoms with van der Waals surface area (Å²) in [5.41, 5.74) is 6.33. The van der Waals surface area contributed by atoms with Gasteiger partial charge >= 0.3 is 6.18 Å². The first-order valence-corrected chi connectivity index (χ1v) is 9.89. The van der Waals surface area contributed by atoms with Crippen LogP contribution >= 0.6 is 0 Å². The number of nitrogens with one attached hydrogen (secondary N) is 1. The van der Waals surface area contributed by atoms with Crippen LogP contribution in [0.4, 0.5) is 19.0 Å². The molecule has 2 atom stereocenters. The van der Waals surface area contributed by atoms with Gasteiger partial charge in [0.1, 0.15) is 36.9 Å². The van der Waals surface area contributed by atoms with Crippen LogP contribution in [0, 0.1) is 0 Å². The Balaban J connectivity index is 1.25. The Labute approximate surface area is 175 Å². The standard InChI is InChI=1S/C21H20F3N5O2/c22-21(23,24)16-5-7-26-17-9-12(1-3-14(16)17)30-10-13-2-4-18(31-13)29-8-6-15-19(25)27-11-28-20(15)29/h1,3,5-9,13,18,28H,2,4,10-11H2,(H2,25,27). The van der Waals surface area contributed by atoms with Crippen molar-refractivity contribution in [2.75, 3.05) is 18.6 Å². The number of aliphatic imine (C=N–C) groups is 1. The average Bonchev–Trinajstić information content (AvgIpc) is 3.38. The predicted molar refractivity (Wildman–Crippen MR) is 109 cm³/mol. The van der Waals surface area contributed by atoms with Gasteiger partial charge in [0.05, 0.1) is 22.7 Å². The SMILES string of the molecule is NC1=NCNc2c1ccn2C1CCC(COc2ccc3c(C(F)(F)F)ccnc3c2)O1. The van der Waals surface area contributed by atoms with Crippen molar-refractivity contribution in [3.8, 4) is 5.75 Å². The van der Waals surface area contributed by atoms with Gasteiger partial charge in [-0.1, -0.05) is 0 Å². The predicted octanol–water partition coefficient (Wildman–Crippen LogP) is 3.90. The van der Waals surface area contributed by atoms with Gasteiger partial charge in [0.25, 0.3) is 0 Å². The number of rotatable bonds is 4. The van der Waals surface area contributed by atoms with Crippen LogP contribution in [0.15, 0.2) is 47.7 Å². The Morgan fingerprint density at radius 1 is 1.23 bits per heavy atom. The number of anilines is 1. The van der Waals surface area contributed by atoms with Crippen molar-refractivity contribution in [3.05, 3.63) is 53.9 Å². The average molecular weight is 431 g/mol. The Hall–Kier alpha value is -3.27. The minimum absolute atomic E-state index is 0.0484. The number of hydrogen-bond acceptors (Lipinski definition) is 6. The molecule has 1 saturated heterocycles. The summed E-state index contributed by atoms with van der Waals surface area (Å²) in [4.78, 5) is 8.22. The Morgan fingerprint density at radius 3 is 2.94 bits per heavy atom. The maximum atomic E-state index is 13.2. The van der Waals surface area contributed by atoms with Gasteiger partial charge in [-0.05, 0) is 37.1 Å². The first kappa shape index (κ1) is 19.7. The lowest BCUT2D eigenvalue weighted by molar-refractivity contribution is -0.136. The van der Waals surface area contributed by atoms with E-state index >= 15 is 0 Å². The van der Waals surface area contributed by atoms with Gasteiger partial charge in [-0.15, -0.1) is 0 Å². The molecular formula is C21H20F3N5O2. The Morgan fingerprint density at radius 2 is 2.10 bits per heavy atom. The lowest BCUT2D eigenvalue weighted by atomic mass is 10.1. The van der Waals surface area contributed by atoms with Crippen LogP contribution in [0.5, 0.6) is 5.75 Å². The number of nitrogens with zero attached hydrogens (tertiary/aromatic N) is 3. The molecule has 0 aliphatic carbocycles. The van der Waals surface area contributed by atoms with Crippen LogP contribution in [0.1, 0.15) is 30.2 Å². The van der Waals surface area contributed by atoms with Crippen LogP contribution in [0.2, 0.25) is 0 Å². The molecule has 7 nitrogen and oxygen atoms in total. The minimum Gasteiger partial charge on any atom is -0.491 e. The van der Waals surface area contributed by atoms with Gasteiger partial charge in [-0.3, -0.25) is 4.98 Å². The third kappa shape index (κ3) is 3.67. The van der Waals surface area contributed by atoms with Crippen LogP contribution in [0.25, 0.3) is 10.9 Å². The summed E-state index contributed by atoms with van der Waals surface area (Å²) in [6.07, 6.45) is -0.0339. The molecule has 2 aromatic heterocycles. The monoisotopic (exact) mass is 431 g/mol. The first-order valence-electron chi connectivity index (χ1n) is 9.89. The van der Waals surface area contributed by atoms with Gasteiger partial charge in [0.2, 0.25) is 0 Å². The van der Waals surface area contributed by atoms with Crippen molar-refractivity contribution in [2.45, 2.75) is 31.3 Å².